The van der Waals surface area contributed by atoms with E-state index in [4.69, 9.17) is 0 Å². The molecule has 0 aromatic heterocycles. The molecule has 0 aliphatic carbocycles. The number of alkyl halides is 3. The van der Waals surface area contributed by atoms with Crippen LogP contribution in [0.2, 0.25) is 0 Å². The van der Waals surface area contributed by atoms with Crippen LogP contribution in [0.15, 0.2) is 24.3 Å². The summed E-state index contributed by atoms with van der Waals surface area (Å²) in [6.45, 7) is 4.14. The molecule has 2 amide bonds. The molecular formula is C17H24F3N3O3S. The number of nitrogens with one attached hydrogen (secondary N) is 2. The molecule has 0 unspecified atom stereocenters. The number of urea groups is 1. The van der Waals surface area contributed by atoms with Crippen molar-refractivity contribution in [3.8, 4) is 0 Å². The Morgan fingerprint density at radius 3 is 2.22 bits per heavy atom. The molecule has 1 aromatic carbocycles. The molecule has 6 nitrogen and oxygen atoms in total. The van der Waals surface area contributed by atoms with Crippen molar-refractivity contribution in [2.45, 2.75) is 50.7 Å². The predicted molar refractivity (Wildman–Crippen MR) is 95.5 cm³/mol. The van der Waals surface area contributed by atoms with E-state index < -0.39 is 27.0 Å². The maximum absolute atomic E-state index is 12.5. The summed E-state index contributed by atoms with van der Waals surface area (Å²) in [7, 11) is -3.35. The smallest absolute Gasteiger partial charge is 0.334 e. The van der Waals surface area contributed by atoms with E-state index in [-0.39, 0.29) is 18.6 Å². The molecule has 1 saturated heterocycles. The first-order valence-electron chi connectivity index (χ1n) is 8.69. The van der Waals surface area contributed by atoms with Gasteiger partial charge in [-0.2, -0.15) is 13.2 Å². The largest absolute Gasteiger partial charge is 0.416 e. The van der Waals surface area contributed by atoms with Crippen LogP contribution in [0.4, 0.5) is 18.0 Å². The van der Waals surface area contributed by atoms with Crippen molar-refractivity contribution < 1.29 is 26.4 Å². The van der Waals surface area contributed by atoms with Crippen LogP contribution in [0.1, 0.15) is 37.8 Å². The first kappa shape index (κ1) is 21.5. The van der Waals surface area contributed by atoms with E-state index >= 15 is 0 Å². The zero-order valence-electron chi connectivity index (χ0n) is 15.2. The second kappa shape index (κ2) is 8.47. The highest BCUT2D eigenvalue weighted by molar-refractivity contribution is 7.90. The molecule has 1 aliphatic heterocycles. The van der Waals surface area contributed by atoms with Gasteiger partial charge in [-0.15, -0.1) is 0 Å². The first-order chi connectivity index (χ1) is 12.5. The average Bonchev–Trinajstić information content (AvgIpc) is 2.59. The molecule has 1 aromatic rings. The van der Waals surface area contributed by atoms with Gasteiger partial charge >= 0.3 is 12.2 Å². The van der Waals surface area contributed by atoms with Crippen LogP contribution in [-0.4, -0.2) is 43.7 Å². The van der Waals surface area contributed by atoms with Crippen LogP contribution in [0.3, 0.4) is 0 Å². The number of likely N-dealkylation sites (tertiary alicyclic amines) is 1. The third-order valence-corrected chi connectivity index (χ3v) is 6.36. The van der Waals surface area contributed by atoms with Crippen molar-refractivity contribution in [3.05, 3.63) is 35.4 Å². The Bertz CT molecular complexity index is 741. The minimum absolute atomic E-state index is 0.122. The number of nitrogens with zero attached hydrogens (tertiary/aromatic N) is 1. The fourth-order valence-electron chi connectivity index (χ4n) is 2.67. The number of rotatable bonds is 5. The lowest BCUT2D eigenvalue weighted by molar-refractivity contribution is -0.137. The van der Waals surface area contributed by atoms with E-state index in [1.807, 2.05) is 0 Å². The van der Waals surface area contributed by atoms with Crippen molar-refractivity contribution in [1.29, 1.82) is 0 Å². The standard InChI is InChI=1S/C17H24F3N3O3S/c1-12(2)27(25,26)22-15-7-9-23(10-8-15)16(24)21-11-13-3-5-14(6-4-13)17(18,19)20/h3-6,12,15,22H,7-11H2,1-2H3,(H,21,24). The van der Waals surface area contributed by atoms with E-state index in [0.29, 0.717) is 31.5 Å². The van der Waals surface area contributed by atoms with Crippen molar-refractivity contribution in [2.24, 2.45) is 0 Å². The van der Waals surface area contributed by atoms with Crippen LogP contribution in [0.5, 0.6) is 0 Å². The Hall–Kier alpha value is -1.81. The van der Waals surface area contributed by atoms with Crippen molar-refractivity contribution in [1.82, 2.24) is 14.9 Å². The summed E-state index contributed by atoms with van der Waals surface area (Å²) in [4.78, 5) is 13.8. The zero-order chi connectivity index (χ0) is 20.2. The number of hydrogen-bond donors (Lipinski definition) is 2. The molecule has 1 heterocycles. The highest BCUT2D eigenvalue weighted by Crippen LogP contribution is 2.29. The monoisotopic (exact) mass is 407 g/mol. The minimum atomic E-state index is -4.39. The summed E-state index contributed by atoms with van der Waals surface area (Å²) in [6, 6.07) is 4.10. The van der Waals surface area contributed by atoms with Crippen molar-refractivity contribution in [2.75, 3.05) is 13.1 Å². The number of carbonyl (C=O) groups is 1. The summed E-state index contributed by atoms with van der Waals surface area (Å²) >= 11 is 0. The highest BCUT2D eigenvalue weighted by atomic mass is 32.2. The molecule has 2 N–H and O–H groups in total. The summed E-state index contributed by atoms with van der Waals surface area (Å²) in [6.07, 6.45) is -3.36. The number of piperidine rings is 1. The lowest BCUT2D eigenvalue weighted by atomic mass is 10.1. The predicted octanol–water partition coefficient (Wildman–Crippen LogP) is 2.71. The molecule has 1 fully saturated rings. The fourth-order valence-corrected chi connectivity index (χ4v) is 3.64. The molecule has 152 valence electrons. The lowest BCUT2D eigenvalue weighted by Crippen LogP contribution is -2.50. The van der Waals surface area contributed by atoms with Gasteiger partial charge in [0.05, 0.1) is 10.8 Å². The second-order valence-corrected chi connectivity index (χ2v) is 9.09. The number of amides is 2. The molecule has 10 heteroatoms. The van der Waals surface area contributed by atoms with Gasteiger partial charge in [0, 0.05) is 25.7 Å². The Morgan fingerprint density at radius 1 is 1.19 bits per heavy atom. The second-order valence-electron chi connectivity index (χ2n) is 6.83. The van der Waals surface area contributed by atoms with Crippen LogP contribution in [0.25, 0.3) is 0 Å². The third-order valence-electron chi connectivity index (χ3n) is 4.46. The SMILES string of the molecule is CC(C)S(=O)(=O)NC1CCN(C(=O)NCc2ccc(C(F)(F)F)cc2)CC1. The number of hydrogen-bond acceptors (Lipinski definition) is 3. The van der Waals surface area contributed by atoms with E-state index in [2.05, 4.69) is 10.0 Å². The van der Waals surface area contributed by atoms with Crippen LogP contribution < -0.4 is 10.0 Å². The maximum Gasteiger partial charge on any atom is 0.416 e. The molecule has 0 bridgehead atoms. The summed E-state index contributed by atoms with van der Waals surface area (Å²) in [5.41, 5.74) is -0.167. The van der Waals surface area contributed by atoms with Gasteiger partial charge in [-0.3, -0.25) is 0 Å². The van der Waals surface area contributed by atoms with Crippen molar-refractivity contribution >= 4 is 16.1 Å². The quantitative estimate of drug-likeness (QED) is 0.788. The number of sulfonamides is 1. The Labute approximate surface area is 157 Å². The minimum Gasteiger partial charge on any atom is -0.334 e. The number of carbonyl (C=O) groups excluding carboxylic acids is 1. The average molecular weight is 407 g/mol. The third kappa shape index (κ3) is 6.10. The van der Waals surface area contributed by atoms with E-state index in [0.717, 1.165) is 12.1 Å². The molecular weight excluding hydrogens is 383 g/mol. The molecule has 0 radical (unpaired) electrons. The normalized spacial score (nSPS) is 16.6. The van der Waals surface area contributed by atoms with E-state index in [1.165, 1.54) is 12.1 Å². The first-order valence-corrected chi connectivity index (χ1v) is 10.2. The van der Waals surface area contributed by atoms with Gasteiger partial charge < -0.3 is 10.2 Å². The van der Waals surface area contributed by atoms with Gasteiger partial charge in [0.25, 0.3) is 0 Å². The lowest BCUT2D eigenvalue weighted by Gasteiger charge is -2.32. The van der Waals surface area contributed by atoms with Crippen LogP contribution in [-0.2, 0) is 22.7 Å². The molecule has 0 saturated carbocycles. The summed E-state index contributed by atoms with van der Waals surface area (Å²) < 4.78 is 64.0. The maximum atomic E-state index is 12.5. The van der Waals surface area contributed by atoms with E-state index in [1.54, 1.807) is 18.7 Å². The molecule has 2 rings (SSSR count). The van der Waals surface area contributed by atoms with Gasteiger partial charge in [-0.05, 0) is 44.4 Å². The van der Waals surface area contributed by atoms with Crippen LogP contribution in [0, 0.1) is 0 Å². The zero-order valence-corrected chi connectivity index (χ0v) is 16.0. The van der Waals surface area contributed by atoms with E-state index in [9.17, 15) is 26.4 Å². The summed E-state index contributed by atoms with van der Waals surface area (Å²) in [5, 5.41) is 2.16. The van der Waals surface area contributed by atoms with Crippen LogP contribution >= 0.6 is 0 Å². The Kier molecular flexibility index (Phi) is 6.74. The topological polar surface area (TPSA) is 78.5 Å². The van der Waals surface area contributed by atoms with Gasteiger partial charge in [0.2, 0.25) is 10.0 Å². The number of halogens is 3. The highest BCUT2D eigenvalue weighted by Gasteiger charge is 2.30. The fraction of sp³-hybridized carbons (Fsp3) is 0.588. The van der Waals surface area contributed by atoms with Gasteiger partial charge in [0.15, 0.2) is 0 Å². The molecule has 27 heavy (non-hydrogen) atoms. The summed E-state index contributed by atoms with van der Waals surface area (Å²) in [5.74, 6) is 0. The Balaban J connectivity index is 1.79. The van der Waals surface area contributed by atoms with Gasteiger partial charge in [-0.25, -0.2) is 17.9 Å². The van der Waals surface area contributed by atoms with Crippen molar-refractivity contribution in [3.63, 3.8) is 0 Å². The molecule has 0 spiro atoms. The number of benzene rings is 1. The Morgan fingerprint density at radius 2 is 1.74 bits per heavy atom. The molecule has 0 atom stereocenters. The molecule has 1 aliphatic rings. The van der Waals surface area contributed by atoms with Gasteiger partial charge in [-0.1, -0.05) is 12.1 Å². The van der Waals surface area contributed by atoms with Gasteiger partial charge in [0.1, 0.15) is 0 Å².